The van der Waals surface area contributed by atoms with Gasteiger partial charge in [-0.3, -0.25) is 4.98 Å². The highest BCUT2D eigenvalue weighted by Crippen LogP contribution is 2.20. The van der Waals surface area contributed by atoms with Gasteiger partial charge >= 0.3 is 0 Å². The normalized spacial score (nSPS) is 14.1. The van der Waals surface area contributed by atoms with Gasteiger partial charge in [0.25, 0.3) is 0 Å². The summed E-state index contributed by atoms with van der Waals surface area (Å²) < 4.78 is 0. The fourth-order valence-electron chi connectivity index (χ4n) is 2.46. The summed E-state index contributed by atoms with van der Waals surface area (Å²) >= 11 is 0. The minimum absolute atomic E-state index is 0.296. The second kappa shape index (κ2) is 5.98. The molecule has 1 unspecified atom stereocenters. The third-order valence-electron chi connectivity index (χ3n) is 3.43. The Morgan fingerprint density at radius 1 is 0.947 bits per heavy atom. The first kappa shape index (κ1) is 13.8. The smallest absolute Gasteiger partial charge is 0.0315 e. The molecule has 0 bridgehead atoms. The minimum Gasteiger partial charge on any atom is -0.304 e. The Bertz CT molecular complexity index is 514. The van der Waals surface area contributed by atoms with Crippen molar-refractivity contribution in [3.05, 3.63) is 65.0 Å². The lowest BCUT2D eigenvalue weighted by Gasteiger charge is -2.21. The van der Waals surface area contributed by atoms with Crippen molar-refractivity contribution in [2.24, 2.45) is 0 Å². The highest BCUT2D eigenvalue weighted by molar-refractivity contribution is 5.30. The zero-order chi connectivity index (χ0) is 13.8. The van der Waals surface area contributed by atoms with Crippen LogP contribution in [0.4, 0.5) is 0 Å². The van der Waals surface area contributed by atoms with Gasteiger partial charge in [-0.25, -0.2) is 0 Å². The van der Waals surface area contributed by atoms with E-state index in [0.717, 1.165) is 0 Å². The molecule has 2 atom stereocenters. The maximum absolute atomic E-state index is 4.17. The Kier molecular flexibility index (Phi) is 4.33. The van der Waals surface area contributed by atoms with E-state index in [9.17, 15) is 0 Å². The van der Waals surface area contributed by atoms with Crippen LogP contribution in [0.1, 0.15) is 48.2 Å². The van der Waals surface area contributed by atoms with Crippen LogP contribution in [-0.2, 0) is 0 Å². The number of rotatable bonds is 4. The van der Waals surface area contributed by atoms with E-state index in [1.54, 1.807) is 0 Å². The van der Waals surface area contributed by atoms with Gasteiger partial charge in [0.05, 0.1) is 0 Å². The largest absolute Gasteiger partial charge is 0.304 e. The van der Waals surface area contributed by atoms with E-state index in [-0.39, 0.29) is 0 Å². The van der Waals surface area contributed by atoms with E-state index in [1.165, 1.54) is 22.3 Å². The summed E-state index contributed by atoms with van der Waals surface area (Å²) in [6, 6.07) is 11.4. The molecule has 1 heterocycles. The van der Waals surface area contributed by atoms with Gasteiger partial charge in [-0.15, -0.1) is 0 Å². The molecule has 0 aliphatic rings. The van der Waals surface area contributed by atoms with Gasteiger partial charge in [0, 0.05) is 24.5 Å². The van der Waals surface area contributed by atoms with Crippen molar-refractivity contribution in [2.45, 2.75) is 39.8 Å². The first-order valence-electron chi connectivity index (χ1n) is 6.80. The maximum Gasteiger partial charge on any atom is 0.0315 e. The lowest BCUT2D eigenvalue weighted by Crippen LogP contribution is -2.22. The maximum atomic E-state index is 4.17. The fourth-order valence-corrected chi connectivity index (χ4v) is 2.46. The summed E-state index contributed by atoms with van der Waals surface area (Å²) in [6.07, 6.45) is 3.73. The predicted octanol–water partition coefficient (Wildman–Crippen LogP) is 4.11. The highest BCUT2D eigenvalue weighted by atomic mass is 14.9. The molecule has 2 nitrogen and oxygen atoms in total. The molecule has 1 N–H and O–H groups in total. The molecule has 0 spiro atoms. The molecule has 0 aliphatic heterocycles. The Labute approximate surface area is 115 Å². The predicted molar refractivity (Wildman–Crippen MR) is 80.1 cm³/mol. The minimum atomic E-state index is 0.296. The van der Waals surface area contributed by atoms with Crippen molar-refractivity contribution < 1.29 is 0 Å². The van der Waals surface area contributed by atoms with E-state index in [1.807, 2.05) is 18.5 Å². The first-order chi connectivity index (χ1) is 9.06. The van der Waals surface area contributed by atoms with Crippen molar-refractivity contribution >= 4 is 0 Å². The Morgan fingerprint density at radius 3 is 2.16 bits per heavy atom. The van der Waals surface area contributed by atoms with Crippen LogP contribution >= 0.6 is 0 Å². The SMILES string of the molecule is Cc1cc(C)cc(C(C)N[C@@H](C)c2cccnc2)c1. The lowest BCUT2D eigenvalue weighted by molar-refractivity contribution is 0.493. The number of nitrogens with one attached hydrogen (secondary N) is 1. The average Bonchev–Trinajstić information content (AvgIpc) is 2.38. The number of aryl methyl sites for hydroxylation is 2. The standard InChI is InChI=1S/C17H22N2/c1-12-8-13(2)10-17(9-12)15(4)19-14(3)16-6-5-7-18-11-16/h5-11,14-15,19H,1-4H3/t14-,15?/m0/s1. The molecule has 1 aromatic heterocycles. The first-order valence-corrected chi connectivity index (χ1v) is 6.80. The second-order valence-electron chi connectivity index (χ2n) is 5.32. The van der Waals surface area contributed by atoms with Gasteiger partial charge < -0.3 is 5.32 Å². The van der Waals surface area contributed by atoms with Crippen molar-refractivity contribution in [3.8, 4) is 0 Å². The lowest BCUT2D eigenvalue weighted by atomic mass is 10.0. The highest BCUT2D eigenvalue weighted by Gasteiger charge is 2.11. The molecule has 2 rings (SSSR count). The van der Waals surface area contributed by atoms with E-state index in [4.69, 9.17) is 0 Å². The quantitative estimate of drug-likeness (QED) is 0.888. The van der Waals surface area contributed by atoms with Crippen LogP contribution in [0.2, 0.25) is 0 Å². The Balaban J connectivity index is 2.10. The molecular formula is C17H22N2. The summed E-state index contributed by atoms with van der Waals surface area (Å²) in [5.74, 6) is 0. The fraction of sp³-hybridized carbons (Fsp3) is 0.353. The third-order valence-corrected chi connectivity index (χ3v) is 3.43. The summed E-state index contributed by atoms with van der Waals surface area (Å²) in [7, 11) is 0. The summed E-state index contributed by atoms with van der Waals surface area (Å²) in [6.45, 7) is 8.68. The zero-order valence-corrected chi connectivity index (χ0v) is 12.1. The van der Waals surface area contributed by atoms with Gasteiger partial charge in [-0.2, -0.15) is 0 Å². The summed E-state index contributed by atoms with van der Waals surface area (Å²) in [5, 5.41) is 3.63. The molecule has 0 aliphatic carbocycles. The van der Waals surface area contributed by atoms with Crippen LogP contribution < -0.4 is 5.32 Å². The molecule has 100 valence electrons. The van der Waals surface area contributed by atoms with Gasteiger partial charge in [0.1, 0.15) is 0 Å². The van der Waals surface area contributed by atoms with Gasteiger partial charge in [-0.1, -0.05) is 35.4 Å². The number of nitrogens with zero attached hydrogens (tertiary/aromatic N) is 1. The summed E-state index contributed by atoms with van der Waals surface area (Å²) in [4.78, 5) is 4.17. The molecule has 0 radical (unpaired) electrons. The second-order valence-corrected chi connectivity index (χ2v) is 5.32. The Hall–Kier alpha value is -1.67. The van der Waals surface area contributed by atoms with E-state index >= 15 is 0 Å². The number of aromatic nitrogens is 1. The van der Waals surface area contributed by atoms with Gasteiger partial charge in [0.2, 0.25) is 0 Å². The van der Waals surface area contributed by atoms with Gasteiger partial charge in [-0.05, 0) is 44.9 Å². The van der Waals surface area contributed by atoms with Crippen molar-refractivity contribution in [3.63, 3.8) is 0 Å². The van der Waals surface area contributed by atoms with E-state index in [2.05, 4.69) is 62.3 Å². The van der Waals surface area contributed by atoms with Crippen LogP contribution in [0.5, 0.6) is 0 Å². The molecule has 0 fully saturated rings. The molecule has 1 aromatic carbocycles. The monoisotopic (exact) mass is 254 g/mol. The van der Waals surface area contributed by atoms with Crippen LogP contribution in [-0.4, -0.2) is 4.98 Å². The van der Waals surface area contributed by atoms with Crippen LogP contribution in [0.15, 0.2) is 42.7 Å². The molecule has 2 aromatic rings. The Morgan fingerprint density at radius 2 is 1.58 bits per heavy atom. The summed E-state index contributed by atoms with van der Waals surface area (Å²) in [5.41, 5.74) is 5.20. The van der Waals surface area contributed by atoms with Crippen molar-refractivity contribution in [2.75, 3.05) is 0 Å². The number of hydrogen-bond acceptors (Lipinski definition) is 2. The number of hydrogen-bond donors (Lipinski definition) is 1. The van der Waals surface area contributed by atoms with E-state index < -0.39 is 0 Å². The van der Waals surface area contributed by atoms with Crippen LogP contribution in [0, 0.1) is 13.8 Å². The van der Waals surface area contributed by atoms with Gasteiger partial charge in [0.15, 0.2) is 0 Å². The zero-order valence-electron chi connectivity index (χ0n) is 12.1. The van der Waals surface area contributed by atoms with Crippen molar-refractivity contribution in [1.82, 2.24) is 10.3 Å². The molecule has 19 heavy (non-hydrogen) atoms. The molecule has 0 amide bonds. The average molecular weight is 254 g/mol. The van der Waals surface area contributed by atoms with Crippen molar-refractivity contribution in [1.29, 1.82) is 0 Å². The molecule has 2 heteroatoms. The van der Waals surface area contributed by atoms with E-state index in [0.29, 0.717) is 12.1 Å². The van der Waals surface area contributed by atoms with Crippen LogP contribution in [0.3, 0.4) is 0 Å². The molecule has 0 saturated heterocycles. The van der Waals surface area contributed by atoms with Crippen LogP contribution in [0.25, 0.3) is 0 Å². The third kappa shape index (κ3) is 3.65. The number of benzene rings is 1. The molecule has 0 saturated carbocycles. The molecular weight excluding hydrogens is 232 g/mol. The number of pyridine rings is 1. The topological polar surface area (TPSA) is 24.9 Å².